The van der Waals surface area contributed by atoms with E-state index in [1.165, 1.54) is 6.33 Å². The predicted molar refractivity (Wildman–Crippen MR) is 74.6 cm³/mol. The Morgan fingerprint density at radius 2 is 1.80 bits per heavy atom. The van der Waals surface area contributed by atoms with Gasteiger partial charge in [-0.3, -0.25) is 0 Å². The van der Waals surface area contributed by atoms with E-state index in [9.17, 15) is 5.11 Å². The number of nitrogens with zero attached hydrogens (tertiary/aromatic N) is 4. The molecule has 2 heterocycles. The Labute approximate surface area is 115 Å². The summed E-state index contributed by atoms with van der Waals surface area (Å²) in [5.74, 6) is 0.287. The molecule has 20 heavy (non-hydrogen) atoms. The largest absolute Gasteiger partial charge is 0.507 e. The van der Waals surface area contributed by atoms with Gasteiger partial charge in [0.05, 0.1) is 11.4 Å². The van der Waals surface area contributed by atoms with Gasteiger partial charge in [-0.2, -0.15) is 0 Å². The standard InChI is InChI=1S/C14H11N5O/c15-14-17-6-4-12(19-14)10-7-9(1-2-13(10)20)11-3-5-16-8-18-11/h1-8,20H,(H2,15,17,19). The van der Waals surface area contributed by atoms with E-state index in [2.05, 4.69) is 19.9 Å². The van der Waals surface area contributed by atoms with E-state index in [4.69, 9.17) is 5.73 Å². The number of rotatable bonds is 2. The van der Waals surface area contributed by atoms with Crippen LogP contribution in [0.5, 0.6) is 5.75 Å². The predicted octanol–water partition coefficient (Wildman–Crippen LogP) is 1.89. The number of benzene rings is 1. The Morgan fingerprint density at radius 3 is 2.55 bits per heavy atom. The second kappa shape index (κ2) is 4.93. The van der Waals surface area contributed by atoms with Crippen molar-refractivity contribution < 1.29 is 5.11 Å². The number of hydrogen-bond donors (Lipinski definition) is 2. The molecule has 0 fully saturated rings. The van der Waals surface area contributed by atoms with Crippen molar-refractivity contribution in [1.82, 2.24) is 19.9 Å². The summed E-state index contributed by atoms with van der Waals surface area (Å²) in [7, 11) is 0. The molecule has 2 aromatic heterocycles. The lowest BCUT2D eigenvalue weighted by Gasteiger charge is -2.07. The van der Waals surface area contributed by atoms with Crippen LogP contribution in [0, 0.1) is 0 Å². The van der Waals surface area contributed by atoms with Crippen LogP contribution in [0.1, 0.15) is 0 Å². The first kappa shape index (κ1) is 12.0. The molecule has 3 aromatic rings. The molecule has 0 saturated heterocycles. The van der Waals surface area contributed by atoms with E-state index >= 15 is 0 Å². The maximum Gasteiger partial charge on any atom is 0.220 e. The molecule has 98 valence electrons. The highest BCUT2D eigenvalue weighted by atomic mass is 16.3. The number of aromatic hydroxyl groups is 1. The summed E-state index contributed by atoms with van der Waals surface area (Å²) in [6.07, 6.45) is 4.69. The molecular weight excluding hydrogens is 254 g/mol. The van der Waals surface area contributed by atoms with Gasteiger partial charge in [0.2, 0.25) is 5.95 Å². The van der Waals surface area contributed by atoms with Crippen molar-refractivity contribution in [1.29, 1.82) is 0 Å². The smallest absolute Gasteiger partial charge is 0.220 e. The highest BCUT2D eigenvalue weighted by Crippen LogP contribution is 2.31. The fraction of sp³-hybridized carbons (Fsp3) is 0. The fourth-order valence-corrected chi connectivity index (χ4v) is 1.89. The molecule has 0 aliphatic carbocycles. The van der Waals surface area contributed by atoms with Crippen LogP contribution < -0.4 is 5.73 Å². The molecule has 6 heteroatoms. The molecule has 0 bridgehead atoms. The van der Waals surface area contributed by atoms with Crippen LogP contribution in [0.15, 0.2) is 49.1 Å². The topological polar surface area (TPSA) is 97.8 Å². The van der Waals surface area contributed by atoms with Gasteiger partial charge in [0, 0.05) is 23.5 Å². The minimum atomic E-state index is 0.126. The van der Waals surface area contributed by atoms with Crippen molar-refractivity contribution in [3.8, 4) is 28.3 Å². The van der Waals surface area contributed by atoms with E-state index in [0.29, 0.717) is 11.3 Å². The molecular formula is C14H11N5O. The number of hydrogen-bond acceptors (Lipinski definition) is 6. The van der Waals surface area contributed by atoms with Crippen LogP contribution in [0.3, 0.4) is 0 Å². The summed E-state index contributed by atoms with van der Waals surface area (Å²) in [5.41, 5.74) is 8.34. The van der Waals surface area contributed by atoms with Crippen molar-refractivity contribution in [3.05, 3.63) is 49.1 Å². The normalized spacial score (nSPS) is 10.4. The van der Waals surface area contributed by atoms with Gasteiger partial charge in [0.15, 0.2) is 0 Å². The number of aromatic nitrogens is 4. The molecule has 0 aliphatic rings. The molecule has 0 unspecified atom stereocenters. The molecule has 6 nitrogen and oxygen atoms in total. The van der Waals surface area contributed by atoms with Crippen molar-refractivity contribution in [2.24, 2.45) is 0 Å². The summed E-state index contributed by atoms with van der Waals surface area (Å²) >= 11 is 0. The summed E-state index contributed by atoms with van der Waals surface area (Å²) in [5, 5.41) is 9.99. The Bertz CT molecular complexity index is 746. The van der Waals surface area contributed by atoms with E-state index in [1.807, 2.05) is 0 Å². The lowest BCUT2D eigenvalue weighted by Crippen LogP contribution is -1.95. The van der Waals surface area contributed by atoms with Gasteiger partial charge in [-0.25, -0.2) is 19.9 Å². The number of nitrogens with two attached hydrogens (primary N) is 1. The van der Waals surface area contributed by atoms with E-state index in [1.54, 1.807) is 42.7 Å². The molecule has 0 atom stereocenters. The third-order valence-corrected chi connectivity index (χ3v) is 2.82. The fourth-order valence-electron chi connectivity index (χ4n) is 1.89. The minimum Gasteiger partial charge on any atom is -0.507 e. The zero-order chi connectivity index (χ0) is 13.9. The Morgan fingerprint density at radius 1 is 0.950 bits per heavy atom. The number of anilines is 1. The first-order chi connectivity index (χ1) is 9.74. The summed E-state index contributed by atoms with van der Waals surface area (Å²) in [6.45, 7) is 0. The molecule has 0 saturated carbocycles. The third-order valence-electron chi connectivity index (χ3n) is 2.82. The van der Waals surface area contributed by atoms with Crippen molar-refractivity contribution in [2.45, 2.75) is 0 Å². The first-order valence-electron chi connectivity index (χ1n) is 5.92. The van der Waals surface area contributed by atoms with Gasteiger partial charge in [-0.15, -0.1) is 0 Å². The van der Waals surface area contributed by atoms with Crippen molar-refractivity contribution in [2.75, 3.05) is 5.73 Å². The van der Waals surface area contributed by atoms with Gasteiger partial charge >= 0.3 is 0 Å². The van der Waals surface area contributed by atoms with Gasteiger partial charge in [-0.1, -0.05) is 0 Å². The Balaban J connectivity index is 2.12. The number of nitrogen functional groups attached to an aromatic ring is 1. The van der Waals surface area contributed by atoms with E-state index in [0.717, 1.165) is 11.3 Å². The van der Waals surface area contributed by atoms with Gasteiger partial charge in [0.1, 0.15) is 12.1 Å². The average molecular weight is 265 g/mol. The third kappa shape index (κ3) is 2.26. The van der Waals surface area contributed by atoms with Gasteiger partial charge in [0.25, 0.3) is 0 Å². The second-order valence-electron chi connectivity index (χ2n) is 4.13. The van der Waals surface area contributed by atoms with Crippen LogP contribution >= 0.6 is 0 Å². The Hall–Kier alpha value is -3.02. The molecule has 3 N–H and O–H groups in total. The van der Waals surface area contributed by atoms with Gasteiger partial charge in [-0.05, 0) is 30.3 Å². The van der Waals surface area contributed by atoms with E-state index < -0.39 is 0 Å². The highest BCUT2D eigenvalue weighted by molar-refractivity contribution is 5.74. The molecule has 0 aliphatic heterocycles. The van der Waals surface area contributed by atoms with Crippen molar-refractivity contribution in [3.63, 3.8) is 0 Å². The quantitative estimate of drug-likeness (QED) is 0.734. The van der Waals surface area contributed by atoms with Gasteiger partial charge < -0.3 is 10.8 Å². The maximum atomic E-state index is 9.99. The lowest BCUT2D eigenvalue weighted by molar-refractivity contribution is 0.477. The SMILES string of the molecule is Nc1nccc(-c2cc(-c3ccncn3)ccc2O)n1. The molecule has 0 amide bonds. The summed E-state index contributed by atoms with van der Waals surface area (Å²) in [4.78, 5) is 16.0. The maximum absolute atomic E-state index is 9.99. The summed E-state index contributed by atoms with van der Waals surface area (Å²) < 4.78 is 0. The second-order valence-corrected chi connectivity index (χ2v) is 4.13. The Kier molecular flexibility index (Phi) is 2.96. The molecule has 1 aromatic carbocycles. The molecule has 3 rings (SSSR count). The number of phenolic OH excluding ortho intramolecular Hbond substituents is 1. The highest BCUT2D eigenvalue weighted by Gasteiger charge is 2.09. The monoisotopic (exact) mass is 265 g/mol. The van der Waals surface area contributed by atoms with Crippen LogP contribution in [0.4, 0.5) is 5.95 Å². The molecule has 0 radical (unpaired) electrons. The first-order valence-corrected chi connectivity index (χ1v) is 5.92. The lowest BCUT2D eigenvalue weighted by atomic mass is 10.0. The average Bonchev–Trinajstić information content (AvgIpc) is 2.48. The van der Waals surface area contributed by atoms with Crippen molar-refractivity contribution >= 4 is 5.95 Å². The zero-order valence-corrected chi connectivity index (χ0v) is 10.4. The van der Waals surface area contributed by atoms with E-state index in [-0.39, 0.29) is 11.7 Å². The number of phenols is 1. The summed E-state index contributed by atoms with van der Waals surface area (Å²) in [6, 6.07) is 8.68. The molecule has 0 spiro atoms. The minimum absolute atomic E-state index is 0.126. The van der Waals surface area contributed by atoms with Crippen LogP contribution in [0.2, 0.25) is 0 Å². The van der Waals surface area contributed by atoms with Crippen LogP contribution in [-0.4, -0.2) is 25.0 Å². The van der Waals surface area contributed by atoms with Crippen LogP contribution in [-0.2, 0) is 0 Å². The van der Waals surface area contributed by atoms with Crippen LogP contribution in [0.25, 0.3) is 22.5 Å². The zero-order valence-electron chi connectivity index (χ0n) is 10.4.